The van der Waals surface area contributed by atoms with E-state index >= 15 is 0 Å². The van der Waals surface area contributed by atoms with Gasteiger partial charge in [0.1, 0.15) is 48.7 Å². The summed E-state index contributed by atoms with van der Waals surface area (Å²) in [7, 11) is 0. The quantitative estimate of drug-likeness (QED) is 0.0556. The van der Waals surface area contributed by atoms with Crippen molar-refractivity contribution in [3.05, 3.63) is 0 Å². The molecule has 2 aliphatic rings. The fraction of sp³-hybridized carbons (Fsp3) is 0.808. The summed E-state index contributed by atoms with van der Waals surface area (Å²) in [4.78, 5) is 63.3. The van der Waals surface area contributed by atoms with Crippen LogP contribution in [0.3, 0.4) is 0 Å². The van der Waals surface area contributed by atoms with Gasteiger partial charge in [-0.15, -0.1) is 0 Å². The minimum absolute atomic E-state index is 0.184. The van der Waals surface area contributed by atoms with Gasteiger partial charge in [0.05, 0.1) is 45.9 Å². The van der Waals surface area contributed by atoms with Crippen LogP contribution in [-0.4, -0.2) is 234 Å². The van der Waals surface area contributed by atoms with Gasteiger partial charge in [-0.05, 0) is 0 Å². The summed E-state index contributed by atoms with van der Waals surface area (Å²) in [5.41, 5.74) is 0. The molecule has 2 rings (SSSR count). The number of nitrogens with one attached hydrogen (secondary N) is 2. The molecule has 0 aromatic heterocycles. The molecular formula is C26H45N5O18. The van der Waals surface area contributed by atoms with E-state index in [9.17, 15) is 80.1 Å². The molecule has 10 unspecified atom stereocenters. The van der Waals surface area contributed by atoms with E-state index in [0.717, 1.165) is 9.80 Å². The molecule has 0 aromatic rings. The Morgan fingerprint density at radius 3 is 1.10 bits per heavy atom. The van der Waals surface area contributed by atoms with Gasteiger partial charge in [-0.1, -0.05) is 0 Å². The molecule has 2 saturated heterocycles. The van der Waals surface area contributed by atoms with Crippen molar-refractivity contribution in [2.45, 2.75) is 61.3 Å². The maximum absolute atomic E-state index is 12.7. The molecule has 2 heterocycles. The summed E-state index contributed by atoms with van der Waals surface area (Å²) in [5.74, 6) is -5.87. The van der Waals surface area contributed by atoms with Crippen molar-refractivity contribution in [1.29, 1.82) is 0 Å². The predicted octanol–water partition coefficient (Wildman–Crippen LogP) is -9.02. The van der Waals surface area contributed by atoms with Gasteiger partial charge < -0.3 is 76.3 Å². The molecule has 10 atom stereocenters. The van der Waals surface area contributed by atoms with Crippen molar-refractivity contribution in [2.24, 2.45) is 0 Å². The largest absolute Gasteiger partial charge is 0.480 e. The molecule has 0 spiro atoms. The van der Waals surface area contributed by atoms with Crippen molar-refractivity contribution in [1.82, 2.24) is 25.3 Å². The summed E-state index contributed by atoms with van der Waals surface area (Å²) in [6.07, 6.45) is -13.2. The lowest BCUT2D eigenvalue weighted by Crippen LogP contribution is -2.64. The Balaban J connectivity index is 2.03. The number of aliphatic hydroxyl groups is 8. The van der Waals surface area contributed by atoms with Crippen molar-refractivity contribution >= 4 is 29.7 Å². The summed E-state index contributed by atoms with van der Waals surface area (Å²) < 4.78 is 9.94. The number of carbonyl (C=O) groups is 5. The van der Waals surface area contributed by atoms with Crippen LogP contribution >= 0.6 is 0 Å². The van der Waals surface area contributed by atoms with Crippen molar-refractivity contribution in [2.75, 3.05) is 72.1 Å². The van der Waals surface area contributed by atoms with Gasteiger partial charge in [0, 0.05) is 26.2 Å². The molecule has 23 heteroatoms. The first-order valence-electron chi connectivity index (χ1n) is 15.0. The van der Waals surface area contributed by atoms with Gasteiger partial charge >= 0.3 is 17.9 Å². The topological polar surface area (TPSA) is 360 Å². The highest BCUT2D eigenvalue weighted by Crippen LogP contribution is 2.21. The number of carbonyl (C=O) groups excluding carboxylic acids is 2. The van der Waals surface area contributed by atoms with Crippen LogP contribution in [0.4, 0.5) is 0 Å². The van der Waals surface area contributed by atoms with Gasteiger partial charge in [-0.25, -0.2) is 0 Å². The van der Waals surface area contributed by atoms with Gasteiger partial charge in [-0.2, -0.15) is 0 Å². The van der Waals surface area contributed by atoms with E-state index < -0.39 is 137 Å². The first-order valence-corrected chi connectivity index (χ1v) is 15.0. The number of hydrogen-bond acceptors (Lipinski definition) is 18. The van der Waals surface area contributed by atoms with E-state index in [1.54, 1.807) is 0 Å². The molecule has 49 heavy (non-hydrogen) atoms. The van der Waals surface area contributed by atoms with Crippen molar-refractivity contribution in [3.8, 4) is 0 Å². The van der Waals surface area contributed by atoms with Gasteiger partial charge in [0.15, 0.2) is 12.6 Å². The number of nitrogens with zero attached hydrogens (tertiary/aromatic N) is 3. The fourth-order valence-electron chi connectivity index (χ4n) is 5.21. The zero-order valence-electron chi connectivity index (χ0n) is 26.2. The molecule has 2 amide bonds. The average molecular weight is 716 g/mol. The van der Waals surface area contributed by atoms with Crippen LogP contribution in [0, 0.1) is 0 Å². The molecule has 2 aliphatic heterocycles. The first-order chi connectivity index (χ1) is 23.0. The fourth-order valence-corrected chi connectivity index (χ4v) is 5.21. The highest BCUT2D eigenvalue weighted by molar-refractivity contribution is 5.80. The van der Waals surface area contributed by atoms with E-state index in [1.165, 1.54) is 4.90 Å². The van der Waals surface area contributed by atoms with Crippen LogP contribution in [0.1, 0.15) is 0 Å². The molecule has 0 aromatic carbocycles. The van der Waals surface area contributed by atoms with Crippen LogP contribution in [-0.2, 0) is 33.4 Å². The third kappa shape index (κ3) is 13.2. The Labute approximate surface area is 278 Å². The lowest BCUT2D eigenvalue weighted by atomic mass is 9.97. The summed E-state index contributed by atoms with van der Waals surface area (Å²) in [6.45, 7) is -5.62. The number of rotatable bonds is 20. The zero-order chi connectivity index (χ0) is 37.0. The van der Waals surface area contributed by atoms with E-state index in [-0.39, 0.29) is 26.2 Å². The van der Waals surface area contributed by atoms with Gasteiger partial charge in [0.2, 0.25) is 11.8 Å². The zero-order valence-corrected chi connectivity index (χ0v) is 26.2. The van der Waals surface area contributed by atoms with E-state index in [4.69, 9.17) is 9.47 Å². The second-order valence-corrected chi connectivity index (χ2v) is 11.5. The number of aliphatic hydroxyl groups excluding tert-OH is 8. The Morgan fingerprint density at radius 2 is 0.796 bits per heavy atom. The number of hydrogen-bond donors (Lipinski definition) is 13. The predicted molar refractivity (Wildman–Crippen MR) is 156 cm³/mol. The van der Waals surface area contributed by atoms with Crippen LogP contribution in [0.15, 0.2) is 0 Å². The first kappa shape index (κ1) is 42.0. The summed E-state index contributed by atoms with van der Waals surface area (Å²) >= 11 is 0. The molecule has 0 aliphatic carbocycles. The Kier molecular flexibility index (Phi) is 17.0. The van der Waals surface area contributed by atoms with E-state index in [0.29, 0.717) is 0 Å². The maximum atomic E-state index is 12.7. The standard InChI is InChI=1S/C26H45N5O18/c32-10-12-21(42)23(44)19(25(46)48-12)27-14(34)5-30(8-17(38)39)3-1-29(7-16(36)37)2-4-31(9-18(40)41)6-15(35)28-20-24(45)22(43)13(11-33)49-26(20)47/h12-13,19-26,32-33,42-47H,1-11H2,(H,27,34)(H,28,35)(H,36,37)(H,38,39)(H,40,41). The minimum Gasteiger partial charge on any atom is -0.480 e. The maximum Gasteiger partial charge on any atom is 0.317 e. The Morgan fingerprint density at radius 1 is 0.490 bits per heavy atom. The molecule has 23 nitrogen and oxygen atoms in total. The third-order valence-corrected chi connectivity index (χ3v) is 7.73. The van der Waals surface area contributed by atoms with E-state index in [2.05, 4.69) is 10.6 Å². The molecule has 2 fully saturated rings. The number of carboxylic acids is 3. The highest BCUT2D eigenvalue weighted by Gasteiger charge is 2.45. The van der Waals surface area contributed by atoms with E-state index in [1.807, 2.05) is 0 Å². The SMILES string of the molecule is O=C(O)CN(CCN(CC(=O)O)CC(=O)NC1C(O)OC(CO)C(O)C1O)CCN(CC(=O)O)CC(=O)NC1C(O)OC(CO)C(O)C1O. The molecule has 13 N–H and O–H groups in total. The molecule has 0 saturated carbocycles. The lowest BCUT2D eigenvalue weighted by molar-refractivity contribution is -0.254. The monoisotopic (exact) mass is 715 g/mol. The number of amides is 2. The smallest absolute Gasteiger partial charge is 0.317 e. The summed E-state index contributed by atoms with van der Waals surface area (Å²) in [5, 5.41) is 112. The van der Waals surface area contributed by atoms with Crippen LogP contribution in [0.2, 0.25) is 0 Å². The van der Waals surface area contributed by atoms with Crippen LogP contribution in [0.5, 0.6) is 0 Å². The van der Waals surface area contributed by atoms with Gasteiger partial charge in [0.25, 0.3) is 0 Å². The third-order valence-electron chi connectivity index (χ3n) is 7.73. The summed E-state index contributed by atoms with van der Waals surface area (Å²) in [6, 6.07) is -3.09. The van der Waals surface area contributed by atoms with Crippen LogP contribution < -0.4 is 10.6 Å². The molecule has 282 valence electrons. The minimum atomic E-state index is -1.83. The number of carboxylic acid groups (broad SMARTS) is 3. The number of aliphatic carboxylic acids is 3. The number of ether oxygens (including phenoxy) is 2. The van der Waals surface area contributed by atoms with Gasteiger partial charge in [-0.3, -0.25) is 38.7 Å². The Hall–Kier alpha value is -3.17. The highest BCUT2D eigenvalue weighted by atomic mass is 16.6. The van der Waals surface area contributed by atoms with Crippen molar-refractivity contribution in [3.63, 3.8) is 0 Å². The lowest BCUT2D eigenvalue weighted by Gasteiger charge is -2.40. The Bertz CT molecular complexity index is 1040. The molecule has 0 bridgehead atoms. The average Bonchev–Trinajstić information content (AvgIpc) is 3.01. The molecule has 0 radical (unpaired) electrons. The normalized spacial score (nSPS) is 30.3. The molecular weight excluding hydrogens is 670 g/mol. The van der Waals surface area contributed by atoms with Crippen molar-refractivity contribution < 1.29 is 89.6 Å². The second-order valence-electron chi connectivity index (χ2n) is 11.5. The van der Waals surface area contributed by atoms with Crippen LogP contribution in [0.25, 0.3) is 0 Å². The second kappa shape index (κ2) is 19.9.